The highest BCUT2D eigenvalue weighted by molar-refractivity contribution is 5.97. The maximum absolute atomic E-state index is 12.5. The normalized spacial score (nSPS) is 20.2. The fourth-order valence-corrected chi connectivity index (χ4v) is 3.19. The van der Waals surface area contributed by atoms with Crippen molar-refractivity contribution in [2.75, 3.05) is 13.1 Å². The number of carbonyl (C=O) groups excluding carboxylic acids is 2. The Morgan fingerprint density at radius 2 is 1.84 bits per heavy atom. The van der Waals surface area contributed by atoms with Crippen LogP contribution < -0.4 is 5.32 Å². The molecule has 136 valence electrons. The highest BCUT2D eigenvalue weighted by atomic mass is 19.4. The molecule has 3 rings (SSSR count). The fraction of sp³-hybridized carbons (Fsp3) is 0.588. The number of likely N-dealkylation sites (tertiary alicyclic amines) is 1. The van der Waals surface area contributed by atoms with Crippen molar-refractivity contribution < 1.29 is 22.8 Å². The summed E-state index contributed by atoms with van der Waals surface area (Å²) < 4.78 is 37.5. The van der Waals surface area contributed by atoms with E-state index in [0.717, 1.165) is 31.2 Å². The van der Waals surface area contributed by atoms with Gasteiger partial charge in [0, 0.05) is 19.3 Å². The second kappa shape index (κ2) is 6.31. The predicted octanol–water partition coefficient (Wildman–Crippen LogP) is 2.62. The molecule has 0 radical (unpaired) electrons. The van der Waals surface area contributed by atoms with Crippen LogP contribution in [0.2, 0.25) is 0 Å². The minimum absolute atomic E-state index is 0.0109. The molecule has 2 fully saturated rings. The first-order valence-corrected chi connectivity index (χ1v) is 8.33. The third kappa shape index (κ3) is 3.93. The fourth-order valence-electron chi connectivity index (χ4n) is 3.19. The van der Waals surface area contributed by atoms with Gasteiger partial charge in [-0.2, -0.15) is 13.2 Å². The van der Waals surface area contributed by atoms with Gasteiger partial charge in [-0.1, -0.05) is 0 Å². The van der Waals surface area contributed by atoms with E-state index in [1.807, 2.05) is 0 Å². The van der Waals surface area contributed by atoms with Crippen LogP contribution >= 0.6 is 0 Å². The number of nitrogens with zero attached hydrogens (tertiary/aromatic N) is 2. The lowest BCUT2D eigenvalue weighted by molar-refractivity contribution is -0.141. The van der Waals surface area contributed by atoms with Crippen LogP contribution in [0.25, 0.3) is 0 Å². The van der Waals surface area contributed by atoms with Gasteiger partial charge in [0.2, 0.25) is 5.91 Å². The van der Waals surface area contributed by atoms with Crippen molar-refractivity contribution in [2.24, 2.45) is 5.41 Å². The van der Waals surface area contributed by atoms with E-state index in [0.29, 0.717) is 18.5 Å². The van der Waals surface area contributed by atoms with E-state index < -0.39 is 23.8 Å². The number of halogens is 3. The van der Waals surface area contributed by atoms with E-state index in [4.69, 9.17) is 0 Å². The van der Waals surface area contributed by atoms with Crippen molar-refractivity contribution in [2.45, 2.75) is 44.8 Å². The summed E-state index contributed by atoms with van der Waals surface area (Å²) in [6, 6.07) is 1.07. The Hall–Kier alpha value is -2.12. The van der Waals surface area contributed by atoms with Crippen LogP contribution in [-0.4, -0.2) is 40.8 Å². The van der Waals surface area contributed by atoms with Gasteiger partial charge < -0.3 is 10.2 Å². The Morgan fingerprint density at radius 3 is 2.32 bits per heavy atom. The zero-order valence-electron chi connectivity index (χ0n) is 13.9. The Kier molecular flexibility index (Phi) is 4.47. The van der Waals surface area contributed by atoms with Crippen molar-refractivity contribution >= 4 is 11.8 Å². The van der Waals surface area contributed by atoms with Gasteiger partial charge in [-0.15, -0.1) is 0 Å². The molecule has 8 heteroatoms. The highest BCUT2D eigenvalue weighted by Crippen LogP contribution is 2.53. The lowest BCUT2D eigenvalue weighted by atomic mass is 9.93. The van der Waals surface area contributed by atoms with Crippen molar-refractivity contribution in [1.29, 1.82) is 0 Å². The number of piperidine rings is 1. The van der Waals surface area contributed by atoms with Crippen molar-refractivity contribution in [3.63, 3.8) is 0 Å². The number of rotatable bonds is 3. The summed E-state index contributed by atoms with van der Waals surface area (Å²) in [5.41, 5.74) is -0.617. The van der Waals surface area contributed by atoms with Gasteiger partial charge in [0.15, 0.2) is 0 Å². The number of hydrogen-bond donors (Lipinski definition) is 1. The van der Waals surface area contributed by atoms with Crippen molar-refractivity contribution in [3.05, 3.63) is 29.6 Å². The molecule has 1 atom stereocenters. The molecule has 2 heterocycles. The molecule has 1 aliphatic heterocycles. The van der Waals surface area contributed by atoms with Crippen LogP contribution in [0.4, 0.5) is 13.2 Å². The molecule has 0 unspecified atom stereocenters. The molecule has 0 aromatic carbocycles. The number of nitrogens with one attached hydrogen (secondary N) is 1. The predicted molar refractivity (Wildman–Crippen MR) is 83.6 cm³/mol. The van der Waals surface area contributed by atoms with Gasteiger partial charge in [0.1, 0.15) is 11.7 Å². The average Bonchev–Trinajstić information content (AvgIpc) is 3.33. The third-order valence-electron chi connectivity index (χ3n) is 5.13. The van der Waals surface area contributed by atoms with Crippen LogP contribution in [0.15, 0.2) is 18.3 Å². The molecule has 1 spiro atoms. The summed E-state index contributed by atoms with van der Waals surface area (Å²) in [5, 5.41) is 2.54. The van der Waals surface area contributed by atoms with E-state index in [1.165, 1.54) is 12.8 Å². The maximum Gasteiger partial charge on any atom is 0.433 e. The Labute approximate surface area is 143 Å². The molecule has 1 aromatic rings. The summed E-state index contributed by atoms with van der Waals surface area (Å²) in [4.78, 5) is 29.5. The minimum Gasteiger partial charge on any atom is -0.341 e. The number of alkyl halides is 3. The summed E-state index contributed by atoms with van der Waals surface area (Å²) >= 11 is 0. The van der Waals surface area contributed by atoms with E-state index in [9.17, 15) is 22.8 Å². The molecular formula is C17H20F3N3O2. The molecule has 1 aromatic heterocycles. The van der Waals surface area contributed by atoms with Crippen LogP contribution in [0, 0.1) is 5.41 Å². The standard InChI is InChI=1S/C17H20F3N3O2/c1-11(15(25)23-8-6-16(4-5-16)7-9-23)22-14(24)12-2-3-13(21-10-12)17(18,19)20/h2-3,10-11H,4-9H2,1H3,(H,22,24)/t11-/m0/s1. The molecule has 1 N–H and O–H groups in total. The average molecular weight is 355 g/mol. The zero-order chi connectivity index (χ0) is 18.2. The Balaban J connectivity index is 1.55. The number of aromatic nitrogens is 1. The van der Waals surface area contributed by atoms with Gasteiger partial charge in [-0.25, -0.2) is 0 Å². The topological polar surface area (TPSA) is 62.3 Å². The van der Waals surface area contributed by atoms with Crippen molar-refractivity contribution in [3.8, 4) is 0 Å². The first-order valence-electron chi connectivity index (χ1n) is 8.33. The molecular weight excluding hydrogens is 335 g/mol. The molecule has 25 heavy (non-hydrogen) atoms. The number of amides is 2. The SMILES string of the molecule is C[C@H](NC(=O)c1ccc(C(F)(F)F)nc1)C(=O)N1CCC2(CC1)CC2. The third-order valence-corrected chi connectivity index (χ3v) is 5.13. The van der Waals surface area contributed by atoms with E-state index in [-0.39, 0.29) is 11.5 Å². The first kappa shape index (κ1) is 17.7. The second-order valence-corrected chi connectivity index (χ2v) is 6.95. The highest BCUT2D eigenvalue weighted by Gasteiger charge is 2.45. The van der Waals surface area contributed by atoms with Gasteiger partial charge in [-0.3, -0.25) is 14.6 Å². The lowest BCUT2D eigenvalue weighted by Crippen LogP contribution is -2.49. The summed E-state index contributed by atoms with van der Waals surface area (Å²) in [7, 11) is 0. The largest absolute Gasteiger partial charge is 0.433 e. The van der Waals surface area contributed by atoms with E-state index >= 15 is 0 Å². The van der Waals surface area contributed by atoms with E-state index in [1.54, 1.807) is 11.8 Å². The molecule has 2 aliphatic rings. The Bertz CT molecular complexity index is 659. The zero-order valence-corrected chi connectivity index (χ0v) is 13.9. The molecule has 2 amide bonds. The van der Waals surface area contributed by atoms with Crippen LogP contribution in [0.3, 0.4) is 0 Å². The second-order valence-electron chi connectivity index (χ2n) is 6.95. The summed E-state index contributed by atoms with van der Waals surface area (Å²) in [5.74, 6) is -0.776. The maximum atomic E-state index is 12.5. The monoisotopic (exact) mass is 355 g/mol. The smallest absolute Gasteiger partial charge is 0.341 e. The Morgan fingerprint density at radius 1 is 1.20 bits per heavy atom. The van der Waals surface area contributed by atoms with Gasteiger partial charge in [0.25, 0.3) is 5.91 Å². The molecule has 5 nitrogen and oxygen atoms in total. The lowest BCUT2D eigenvalue weighted by Gasteiger charge is -2.33. The summed E-state index contributed by atoms with van der Waals surface area (Å²) in [6.45, 7) is 2.97. The quantitative estimate of drug-likeness (QED) is 0.907. The number of hydrogen-bond acceptors (Lipinski definition) is 3. The molecule has 1 saturated carbocycles. The van der Waals surface area contributed by atoms with Gasteiger partial charge in [-0.05, 0) is 50.2 Å². The van der Waals surface area contributed by atoms with Crippen molar-refractivity contribution in [1.82, 2.24) is 15.2 Å². The van der Waals surface area contributed by atoms with E-state index in [2.05, 4.69) is 10.3 Å². The van der Waals surface area contributed by atoms with Crippen LogP contribution in [0.1, 0.15) is 48.7 Å². The molecule has 0 bridgehead atoms. The summed E-state index contributed by atoms with van der Waals surface area (Å²) in [6.07, 6.45) is 0.799. The number of carbonyl (C=O) groups is 2. The minimum atomic E-state index is -4.55. The first-order chi connectivity index (χ1) is 11.7. The molecule has 1 aliphatic carbocycles. The molecule has 1 saturated heterocycles. The van der Waals surface area contributed by atoms with Crippen LogP contribution in [0.5, 0.6) is 0 Å². The number of pyridine rings is 1. The van der Waals surface area contributed by atoms with Crippen LogP contribution in [-0.2, 0) is 11.0 Å². The van der Waals surface area contributed by atoms with Gasteiger partial charge >= 0.3 is 6.18 Å². The van der Waals surface area contributed by atoms with Gasteiger partial charge in [0.05, 0.1) is 5.56 Å².